The molecule has 2 aromatic heterocycles. The number of imidazole rings is 1. The first-order valence-electron chi connectivity index (χ1n) is 11.9. The van der Waals surface area contributed by atoms with Crippen molar-refractivity contribution in [1.82, 2.24) is 14.1 Å². The summed E-state index contributed by atoms with van der Waals surface area (Å²) in [7, 11) is 0. The molecule has 1 atom stereocenters. The summed E-state index contributed by atoms with van der Waals surface area (Å²) in [6.07, 6.45) is 3.46. The Labute approximate surface area is 213 Å². The molecule has 37 heavy (non-hydrogen) atoms. The van der Waals surface area contributed by atoms with Crippen molar-refractivity contribution in [3.63, 3.8) is 0 Å². The van der Waals surface area contributed by atoms with Crippen LogP contribution in [0.4, 0.5) is 10.2 Å². The molecule has 0 aliphatic carbocycles. The highest BCUT2D eigenvalue weighted by atomic mass is 19.1. The molecule has 5 rings (SSSR count). The minimum atomic E-state index is -0.383. The topological polar surface area (TPSA) is 75.6 Å². The molecule has 6 nitrogen and oxygen atoms in total. The van der Waals surface area contributed by atoms with E-state index >= 15 is 0 Å². The van der Waals surface area contributed by atoms with Crippen molar-refractivity contribution < 1.29 is 4.39 Å². The van der Waals surface area contributed by atoms with E-state index < -0.39 is 0 Å². The number of anilines is 1. The molecule has 5 aromatic rings. The van der Waals surface area contributed by atoms with E-state index in [2.05, 4.69) is 23.3 Å². The third-order valence-electron chi connectivity index (χ3n) is 6.24. The van der Waals surface area contributed by atoms with Gasteiger partial charge in [0.05, 0.1) is 29.6 Å². The maximum absolute atomic E-state index is 13.7. The van der Waals surface area contributed by atoms with Gasteiger partial charge in [0.25, 0.3) is 0 Å². The van der Waals surface area contributed by atoms with Crippen LogP contribution in [0.1, 0.15) is 29.7 Å². The normalized spacial score (nSPS) is 11.6. The van der Waals surface area contributed by atoms with Crippen LogP contribution in [0.3, 0.4) is 0 Å². The van der Waals surface area contributed by atoms with E-state index in [9.17, 15) is 14.4 Å². The first-order chi connectivity index (χ1) is 18.0. The van der Waals surface area contributed by atoms with Gasteiger partial charge in [-0.05, 0) is 60.5 Å². The lowest BCUT2D eigenvalue weighted by Gasteiger charge is -2.15. The average Bonchev–Trinajstić information content (AvgIpc) is 3.25. The molecule has 1 N–H and O–H groups in total. The standard InChI is InChI=1S/C30H24FN5O/c1-21(22-7-3-2-4-8-22)34-29-17-23(15-16-33-29)28-20-35(19-25-10-6-5-9-24(25)18-32)30(37)36(28)27-13-11-26(31)12-14-27/h2-17,20-21H,19H2,1H3,(H,33,34)/t21-/m0/s1. The van der Waals surface area contributed by atoms with Crippen molar-refractivity contribution in [2.75, 3.05) is 5.32 Å². The quantitative estimate of drug-likeness (QED) is 0.307. The minimum Gasteiger partial charge on any atom is -0.364 e. The van der Waals surface area contributed by atoms with Crippen molar-refractivity contribution >= 4 is 5.82 Å². The fraction of sp³-hybridized carbons (Fsp3) is 0.100. The lowest BCUT2D eigenvalue weighted by atomic mass is 10.1. The van der Waals surface area contributed by atoms with Crippen LogP contribution < -0.4 is 11.0 Å². The highest BCUT2D eigenvalue weighted by molar-refractivity contribution is 5.65. The van der Waals surface area contributed by atoms with Gasteiger partial charge in [-0.25, -0.2) is 14.2 Å². The fourth-order valence-corrected chi connectivity index (χ4v) is 4.32. The summed E-state index contributed by atoms with van der Waals surface area (Å²) in [5, 5.41) is 12.9. The van der Waals surface area contributed by atoms with E-state index in [4.69, 9.17) is 0 Å². The van der Waals surface area contributed by atoms with E-state index in [0.717, 1.165) is 16.7 Å². The lowest BCUT2D eigenvalue weighted by molar-refractivity contribution is 0.627. The van der Waals surface area contributed by atoms with Crippen molar-refractivity contribution in [2.24, 2.45) is 0 Å². The maximum Gasteiger partial charge on any atom is 0.333 e. The zero-order valence-electron chi connectivity index (χ0n) is 20.2. The molecule has 3 aromatic carbocycles. The second kappa shape index (κ2) is 10.3. The van der Waals surface area contributed by atoms with Gasteiger partial charge in [-0.1, -0.05) is 48.5 Å². The highest BCUT2D eigenvalue weighted by Gasteiger charge is 2.17. The molecule has 0 unspecified atom stereocenters. The summed E-state index contributed by atoms with van der Waals surface area (Å²) in [5.74, 6) is 0.278. The number of hydrogen-bond acceptors (Lipinski definition) is 4. The SMILES string of the molecule is C[C@H](Nc1cc(-c2cn(Cc3ccccc3C#N)c(=O)n2-c2ccc(F)cc2)ccn1)c1ccccc1. The average molecular weight is 490 g/mol. The van der Waals surface area contributed by atoms with Crippen molar-refractivity contribution in [3.8, 4) is 23.0 Å². The third-order valence-corrected chi connectivity index (χ3v) is 6.24. The van der Waals surface area contributed by atoms with Gasteiger partial charge in [0, 0.05) is 24.0 Å². The molecule has 2 heterocycles. The summed E-state index contributed by atoms with van der Waals surface area (Å²) in [6, 6.07) is 29.0. The Morgan fingerprint density at radius 2 is 1.73 bits per heavy atom. The number of halogens is 1. The molecular weight excluding hydrogens is 465 g/mol. The lowest BCUT2D eigenvalue weighted by Crippen LogP contribution is -2.24. The molecule has 0 aliphatic rings. The zero-order chi connectivity index (χ0) is 25.8. The van der Waals surface area contributed by atoms with Crippen molar-refractivity contribution in [3.05, 3.63) is 136 Å². The summed E-state index contributed by atoms with van der Waals surface area (Å²) in [4.78, 5) is 18.1. The van der Waals surface area contributed by atoms with Crippen LogP contribution in [-0.2, 0) is 6.54 Å². The van der Waals surface area contributed by atoms with Gasteiger partial charge in [0.2, 0.25) is 0 Å². The predicted molar refractivity (Wildman–Crippen MR) is 142 cm³/mol. The molecule has 0 saturated heterocycles. The van der Waals surface area contributed by atoms with Crippen LogP contribution in [0.2, 0.25) is 0 Å². The molecule has 0 fully saturated rings. The number of nitriles is 1. The number of pyridine rings is 1. The summed E-state index contributed by atoms with van der Waals surface area (Å²) in [5.41, 5.74) is 4.02. The van der Waals surface area contributed by atoms with Crippen LogP contribution in [0.25, 0.3) is 16.9 Å². The molecular formula is C30H24FN5O. The third kappa shape index (κ3) is 5.04. The maximum atomic E-state index is 13.7. The first-order valence-corrected chi connectivity index (χ1v) is 11.9. The monoisotopic (exact) mass is 489 g/mol. The van der Waals surface area contributed by atoms with Crippen LogP contribution in [0.5, 0.6) is 0 Å². The summed E-state index contributed by atoms with van der Waals surface area (Å²) < 4.78 is 16.8. The zero-order valence-corrected chi connectivity index (χ0v) is 20.2. The number of hydrogen-bond donors (Lipinski definition) is 1. The van der Waals surface area contributed by atoms with Crippen LogP contribution in [0, 0.1) is 17.1 Å². The van der Waals surface area contributed by atoms with Gasteiger partial charge in [-0.15, -0.1) is 0 Å². The Balaban J connectivity index is 1.57. The smallest absolute Gasteiger partial charge is 0.333 e. The summed E-state index contributed by atoms with van der Waals surface area (Å²) in [6.45, 7) is 2.28. The fourth-order valence-electron chi connectivity index (χ4n) is 4.32. The van der Waals surface area contributed by atoms with Crippen LogP contribution in [0.15, 0.2) is 108 Å². The van der Waals surface area contributed by atoms with Crippen molar-refractivity contribution in [1.29, 1.82) is 5.26 Å². The number of aromatic nitrogens is 3. The Morgan fingerprint density at radius 1 is 1.00 bits per heavy atom. The van der Waals surface area contributed by atoms with Gasteiger partial charge in [-0.3, -0.25) is 9.13 Å². The largest absolute Gasteiger partial charge is 0.364 e. The van der Waals surface area contributed by atoms with E-state index in [1.165, 1.54) is 12.1 Å². The van der Waals surface area contributed by atoms with Gasteiger partial charge < -0.3 is 5.32 Å². The Hall–Kier alpha value is -4.96. The Morgan fingerprint density at radius 3 is 2.49 bits per heavy atom. The van der Waals surface area contributed by atoms with E-state index in [1.54, 1.807) is 45.8 Å². The second-order valence-corrected chi connectivity index (χ2v) is 8.71. The molecule has 0 amide bonds. The van der Waals surface area contributed by atoms with E-state index in [0.29, 0.717) is 22.8 Å². The molecule has 0 radical (unpaired) electrons. The Kier molecular flexibility index (Phi) is 6.64. The van der Waals surface area contributed by atoms with Crippen LogP contribution >= 0.6 is 0 Å². The molecule has 182 valence electrons. The first kappa shape index (κ1) is 23.8. The number of nitrogens with one attached hydrogen (secondary N) is 1. The number of benzene rings is 3. The summed E-state index contributed by atoms with van der Waals surface area (Å²) >= 11 is 0. The number of nitrogens with zero attached hydrogens (tertiary/aromatic N) is 4. The van der Waals surface area contributed by atoms with Gasteiger partial charge in [0.1, 0.15) is 11.6 Å². The second-order valence-electron chi connectivity index (χ2n) is 8.71. The molecule has 0 bridgehead atoms. The van der Waals surface area contributed by atoms with Gasteiger partial charge >= 0.3 is 5.69 Å². The van der Waals surface area contributed by atoms with Crippen LogP contribution in [-0.4, -0.2) is 14.1 Å². The molecule has 0 spiro atoms. The minimum absolute atomic E-state index is 0.0234. The highest BCUT2D eigenvalue weighted by Crippen LogP contribution is 2.26. The predicted octanol–water partition coefficient (Wildman–Crippen LogP) is 5.93. The van der Waals surface area contributed by atoms with Gasteiger partial charge in [-0.2, -0.15) is 5.26 Å². The molecule has 0 saturated carbocycles. The molecule has 7 heteroatoms. The Bertz CT molecular complexity index is 1630. The molecule has 0 aliphatic heterocycles. The number of rotatable bonds is 7. The van der Waals surface area contributed by atoms with Gasteiger partial charge in [0.15, 0.2) is 0 Å². The van der Waals surface area contributed by atoms with E-state index in [1.807, 2.05) is 54.6 Å². The van der Waals surface area contributed by atoms with E-state index in [-0.39, 0.29) is 24.1 Å². The van der Waals surface area contributed by atoms with Crippen molar-refractivity contribution in [2.45, 2.75) is 19.5 Å².